The number of aromatic nitrogens is 1. The molecule has 2 aromatic rings. The van der Waals surface area contributed by atoms with E-state index in [2.05, 4.69) is 10.3 Å². The van der Waals surface area contributed by atoms with Crippen LogP contribution in [-0.4, -0.2) is 22.2 Å². The van der Waals surface area contributed by atoms with Crippen LogP contribution in [0.15, 0.2) is 36.4 Å². The lowest BCUT2D eigenvalue weighted by atomic mass is 9.99. The molecule has 5 heteroatoms. The zero-order chi connectivity index (χ0) is 16.3. The summed E-state index contributed by atoms with van der Waals surface area (Å²) < 4.78 is 13.3. The molecule has 2 N–H and O–H groups in total. The molecule has 1 aliphatic carbocycles. The molecule has 0 radical (unpaired) electrons. The molecular weight excluding hydrogens is 315 g/mol. The Kier molecular flexibility index (Phi) is 4.95. The van der Waals surface area contributed by atoms with E-state index in [0.29, 0.717) is 6.54 Å². The molecule has 0 bridgehead atoms. The number of nitrogens with zero attached hydrogens (tertiary/aromatic N) is 1. The van der Waals surface area contributed by atoms with Crippen LogP contribution in [0.25, 0.3) is 11.3 Å². The lowest BCUT2D eigenvalue weighted by molar-refractivity contribution is 0.162. The minimum absolute atomic E-state index is 0.0954. The maximum Gasteiger partial charge on any atom is 0.141 e. The average Bonchev–Trinajstić information content (AvgIpc) is 3.05. The van der Waals surface area contributed by atoms with Crippen LogP contribution in [-0.2, 0) is 6.54 Å². The fourth-order valence-corrected chi connectivity index (χ4v) is 3.30. The number of nitrogens with one attached hydrogen (secondary N) is 1. The lowest BCUT2D eigenvalue weighted by Crippen LogP contribution is -2.45. The fraction of sp³-hybridized carbons (Fsp3) is 0.389. The number of hydrogen-bond donors (Lipinski definition) is 2. The molecule has 1 heterocycles. The molecule has 0 spiro atoms. The zero-order valence-corrected chi connectivity index (χ0v) is 13.6. The Hall–Kier alpha value is -1.49. The van der Waals surface area contributed by atoms with Crippen LogP contribution in [0.2, 0.25) is 5.02 Å². The third-order valence-electron chi connectivity index (χ3n) is 4.53. The van der Waals surface area contributed by atoms with E-state index in [4.69, 9.17) is 11.6 Å². The van der Waals surface area contributed by atoms with Gasteiger partial charge < -0.3 is 10.4 Å². The van der Waals surface area contributed by atoms with Crippen LogP contribution in [0.3, 0.4) is 0 Å². The molecule has 0 amide bonds. The van der Waals surface area contributed by atoms with Crippen LogP contribution < -0.4 is 5.32 Å². The summed E-state index contributed by atoms with van der Waals surface area (Å²) in [6, 6.07) is 10.4. The summed E-state index contributed by atoms with van der Waals surface area (Å²) in [6.45, 7) is 0.754. The van der Waals surface area contributed by atoms with Crippen molar-refractivity contribution in [3.8, 4) is 11.3 Å². The summed E-state index contributed by atoms with van der Waals surface area (Å²) in [5, 5.41) is 13.2. The molecule has 0 aliphatic heterocycles. The van der Waals surface area contributed by atoms with Gasteiger partial charge in [-0.1, -0.05) is 30.5 Å². The van der Waals surface area contributed by atoms with E-state index in [1.165, 1.54) is 6.07 Å². The van der Waals surface area contributed by atoms with Crippen LogP contribution in [0.5, 0.6) is 0 Å². The highest BCUT2D eigenvalue weighted by atomic mass is 35.5. The van der Waals surface area contributed by atoms with Gasteiger partial charge in [0.15, 0.2) is 0 Å². The lowest BCUT2D eigenvalue weighted by Gasteiger charge is -2.28. The second-order valence-corrected chi connectivity index (χ2v) is 6.55. The predicted molar refractivity (Wildman–Crippen MR) is 89.8 cm³/mol. The molecule has 1 aliphatic rings. The molecule has 23 heavy (non-hydrogen) atoms. The minimum atomic E-state index is -0.431. The molecule has 1 aromatic heterocycles. The van der Waals surface area contributed by atoms with Gasteiger partial charge in [0.25, 0.3) is 0 Å². The number of aliphatic hydroxyl groups excluding tert-OH is 1. The number of benzene rings is 1. The molecule has 3 rings (SSSR count). The van der Waals surface area contributed by atoms with Crippen molar-refractivity contribution in [1.82, 2.24) is 10.3 Å². The quantitative estimate of drug-likeness (QED) is 0.870. The Bertz CT molecular complexity index is 686. The van der Waals surface area contributed by atoms with E-state index in [-0.39, 0.29) is 17.2 Å². The molecule has 122 valence electrons. The first-order chi connectivity index (χ1) is 11.1. The molecule has 0 atom stereocenters. The molecule has 0 unspecified atom stereocenters. The summed E-state index contributed by atoms with van der Waals surface area (Å²) in [7, 11) is 0. The Morgan fingerprint density at radius 1 is 1.22 bits per heavy atom. The van der Waals surface area contributed by atoms with E-state index in [1.807, 2.05) is 18.2 Å². The van der Waals surface area contributed by atoms with Gasteiger partial charge in [-0.05, 0) is 43.2 Å². The summed E-state index contributed by atoms with van der Waals surface area (Å²) in [6.07, 6.45) is 4.29. The smallest absolute Gasteiger partial charge is 0.141 e. The molecule has 0 saturated heterocycles. The monoisotopic (exact) mass is 334 g/mol. The standard InChI is InChI=1S/C18H20ClFN2O/c19-15-10-13(6-7-16(15)20)17-5-3-4-14(22-17)11-21-18(12-23)8-1-2-9-18/h3-7,10,21,23H,1-2,8-9,11-12H2. The maximum absolute atomic E-state index is 13.3. The van der Waals surface area contributed by atoms with Crippen LogP contribution >= 0.6 is 11.6 Å². The Labute approximate surface area is 140 Å². The predicted octanol–water partition coefficient (Wildman–Crippen LogP) is 3.94. The van der Waals surface area contributed by atoms with Gasteiger partial charge in [0.1, 0.15) is 5.82 Å². The summed E-state index contributed by atoms with van der Waals surface area (Å²) in [4.78, 5) is 4.61. The van der Waals surface area contributed by atoms with Gasteiger partial charge in [-0.15, -0.1) is 0 Å². The fourth-order valence-electron chi connectivity index (χ4n) is 3.11. The molecule has 1 fully saturated rings. The third kappa shape index (κ3) is 3.71. The van der Waals surface area contributed by atoms with Crippen molar-refractivity contribution < 1.29 is 9.50 Å². The van der Waals surface area contributed by atoms with Gasteiger partial charge in [0.05, 0.1) is 23.0 Å². The first-order valence-corrected chi connectivity index (χ1v) is 8.27. The SMILES string of the molecule is OCC1(NCc2cccc(-c3ccc(F)c(Cl)c3)n2)CCCC1. The topological polar surface area (TPSA) is 45.1 Å². The highest BCUT2D eigenvalue weighted by Crippen LogP contribution is 2.29. The Morgan fingerprint density at radius 2 is 2.00 bits per heavy atom. The largest absolute Gasteiger partial charge is 0.394 e. The van der Waals surface area contributed by atoms with Gasteiger partial charge in [-0.2, -0.15) is 0 Å². The molecule has 1 saturated carbocycles. The molecular formula is C18H20ClFN2O. The highest BCUT2D eigenvalue weighted by molar-refractivity contribution is 6.31. The van der Waals surface area contributed by atoms with Gasteiger partial charge in [0, 0.05) is 17.6 Å². The van der Waals surface area contributed by atoms with Gasteiger partial charge in [-0.25, -0.2) is 4.39 Å². The van der Waals surface area contributed by atoms with E-state index in [0.717, 1.165) is 42.6 Å². The number of aliphatic hydroxyl groups is 1. The number of rotatable bonds is 5. The van der Waals surface area contributed by atoms with Crippen molar-refractivity contribution in [2.75, 3.05) is 6.61 Å². The van der Waals surface area contributed by atoms with Gasteiger partial charge in [0.2, 0.25) is 0 Å². The summed E-state index contributed by atoms with van der Waals surface area (Å²) in [5.41, 5.74) is 2.27. The van der Waals surface area contributed by atoms with Crippen LogP contribution in [0.1, 0.15) is 31.4 Å². The first-order valence-electron chi connectivity index (χ1n) is 7.89. The van der Waals surface area contributed by atoms with Crippen molar-refractivity contribution in [2.24, 2.45) is 0 Å². The van der Waals surface area contributed by atoms with Gasteiger partial charge in [-0.3, -0.25) is 4.98 Å². The average molecular weight is 335 g/mol. The Balaban J connectivity index is 1.76. The van der Waals surface area contributed by atoms with Crippen molar-refractivity contribution in [2.45, 2.75) is 37.8 Å². The third-order valence-corrected chi connectivity index (χ3v) is 4.82. The molecule has 1 aromatic carbocycles. The van der Waals surface area contributed by atoms with E-state index < -0.39 is 5.82 Å². The van der Waals surface area contributed by atoms with E-state index >= 15 is 0 Å². The van der Waals surface area contributed by atoms with E-state index in [1.54, 1.807) is 12.1 Å². The number of pyridine rings is 1. The van der Waals surface area contributed by atoms with Crippen molar-refractivity contribution in [1.29, 1.82) is 0 Å². The second-order valence-electron chi connectivity index (χ2n) is 6.14. The van der Waals surface area contributed by atoms with Gasteiger partial charge >= 0.3 is 0 Å². The second kappa shape index (κ2) is 6.95. The van der Waals surface area contributed by atoms with Crippen molar-refractivity contribution in [3.05, 3.63) is 52.9 Å². The molecule has 3 nitrogen and oxygen atoms in total. The Morgan fingerprint density at radius 3 is 2.70 bits per heavy atom. The van der Waals surface area contributed by atoms with Crippen molar-refractivity contribution >= 4 is 11.6 Å². The maximum atomic E-state index is 13.3. The van der Waals surface area contributed by atoms with E-state index in [9.17, 15) is 9.50 Å². The van der Waals surface area contributed by atoms with Crippen LogP contribution in [0.4, 0.5) is 4.39 Å². The summed E-state index contributed by atoms with van der Waals surface area (Å²) >= 11 is 5.84. The number of halogens is 2. The first kappa shape index (κ1) is 16.4. The normalized spacial score (nSPS) is 16.7. The van der Waals surface area contributed by atoms with Crippen molar-refractivity contribution in [3.63, 3.8) is 0 Å². The zero-order valence-electron chi connectivity index (χ0n) is 12.9. The van der Waals surface area contributed by atoms with Crippen LogP contribution in [0, 0.1) is 5.82 Å². The summed E-state index contributed by atoms with van der Waals surface area (Å²) in [5.74, 6) is -0.431. The minimum Gasteiger partial charge on any atom is -0.394 e. The number of hydrogen-bond acceptors (Lipinski definition) is 3. The highest BCUT2D eigenvalue weighted by Gasteiger charge is 2.32.